The highest BCUT2D eigenvalue weighted by Gasteiger charge is 2.30. The van der Waals surface area contributed by atoms with E-state index in [4.69, 9.17) is 5.73 Å². The van der Waals surface area contributed by atoms with E-state index in [-0.39, 0.29) is 11.9 Å². The minimum absolute atomic E-state index is 0.0314. The summed E-state index contributed by atoms with van der Waals surface area (Å²) in [5, 5.41) is 12.6. The molecule has 0 radical (unpaired) electrons. The second-order valence-corrected chi connectivity index (χ2v) is 7.82. The maximum Gasteiger partial charge on any atom is 0.237 e. The molecule has 1 aromatic heterocycles. The smallest absolute Gasteiger partial charge is 0.237 e. The Balaban J connectivity index is 1.44. The van der Waals surface area contributed by atoms with E-state index in [0.29, 0.717) is 11.0 Å². The summed E-state index contributed by atoms with van der Waals surface area (Å²) in [5.41, 5.74) is 5.62. The number of nitrogens with one attached hydrogen (secondary N) is 1. The Hall–Kier alpha value is -1.21. The second-order valence-electron chi connectivity index (χ2n) is 6.73. The number of nitrogen functional groups attached to an aromatic ring is 1. The first-order chi connectivity index (χ1) is 11.2. The molecule has 2 aliphatic rings. The fourth-order valence-electron chi connectivity index (χ4n) is 3.75. The molecule has 1 aromatic rings. The Bertz CT molecular complexity index is 514. The number of rotatable bonds is 6. The molecule has 23 heavy (non-hydrogen) atoms. The van der Waals surface area contributed by atoms with Gasteiger partial charge in [0.15, 0.2) is 0 Å². The van der Waals surface area contributed by atoms with Gasteiger partial charge in [-0.3, -0.25) is 9.69 Å². The molecule has 1 aliphatic carbocycles. The summed E-state index contributed by atoms with van der Waals surface area (Å²) in [6, 6.07) is 0.0314. The summed E-state index contributed by atoms with van der Waals surface area (Å²) in [5.74, 6) is 0.900. The molecule has 0 bridgehead atoms. The van der Waals surface area contributed by atoms with Crippen molar-refractivity contribution >= 4 is 22.4 Å². The van der Waals surface area contributed by atoms with E-state index in [1.54, 1.807) is 0 Å². The number of nitrogens with zero attached hydrogens (tertiary/aromatic N) is 3. The van der Waals surface area contributed by atoms with Crippen molar-refractivity contribution in [3.63, 3.8) is 0 Å². The lowest BCUT2D eigenvalue weighted by molar-refractivity contribution is -0.125. The highest BCUT2D eigenvalue weighted by molar-refractivity contribution is 7.15. The number of aromatic nitrogens is 2. The first-order valence-electron chi connectivity index (χ1n) is 8.82. The zero-order chi connectivity index (χ0) is 16.1. The largest absolute Gasteiger partial charge is 0.374 e. The number of anilines is 1. The maximum absolute atomic E-state index is 12.5. The lowest BCUT2D eigenvalue weighted by Crippen LogP contribution is -2.45. The monoisotopic (exact) mass is 337 g/mol. The van der Waals surface area contributed by atoms with Crippen molar-refractivity contribution in [1.82, 2.24) is 20.4 Å². The quantitative estimate of drug-likeness (QED) is 0.827. The molecule has 7 heteroatoms. The van der Waals surface area contributed by atoms with Gasteiger partial charge in [-0.15, -0.1) is 10.2 Å². The van der Waals surface area contributed by atoms with Crippen molar-refractivity contribution in [2.45, 2.75) is 57.4 Å². The number of hydrogen-bond acceptors (Lipinski definition) is 6. The fourth-order valence-corrected chi connectivity index (χ4v) is 4.35. The molecule has 2 fully saturated rings. The van der Waals surface area contributed by atoms with E-state index in [9.17, 15) is 4.79 Å². The summed E-state index contributed by atoms with van der Waals surface area (Å²) in [6.07, 6.45) is 9.43. The third-order valence-electron chi connectivity index (χ3n) is 5.05. The molecular formula is C16H27N5OS. The molecule has 1 aliphatic heterocycles. The van der Waals surface area contributed by atoms with Crippen LogP contribution in [0.4, 0.5) is 5.13 Å². The highest BCUT2D eigenvalue weighted by atomic mass is 32.1. The average Bonchev–Trinajstić information content (AvgIpc) is 3.20. The minimum Gasteiger partial charge on any atom is -0.374 e. The van der Waals surface area contributed by atoms with Crippen LogP contribution in [0, 0.1) is 5.92 Å². The van der Waals surface area contributed by atoms with Crippen molar-refractivity contribution < 1.29 is 4.79 Å². The van der Waals surface area contributed by atoms with Crippen LogP contribution in [0.15, 0.2) is 0 Å². The van der Waals surface area contributed by atoms with Gasteiger partial charge in [-0.05, 0) is 38.1 Å². The third-order valence-corrected chi connectivity index (χ3v) is 5.86. The van der Waals surface area contributed by atoms with Gasteiger partial charge in [-0.2, -0.15) is 0 Å². The number of amides is 1. The summed E-state index contributed by atoms with van der Waals surface area (Å²) in [6.45, 7) is 2.71. The fraction of sp³-hybridized carbons (Fsp3) is 0.812. The summed E-state index contributed by atoms with van der Waals surface area (Å²) in [7, 11) is 0. The number of nitrogens with two attached hydrogens (primary N) is 1. The lowest BCUT2D eigenvalue weighted by Gasteiger charge is -2.26. The predicted octanol–water partition coefficient (Wildman–Crippen LogP) is 1.82. The van der Waals surface area contributed by atoms with Crippen molar-refractivity contribution in [1.29, 1.82) is 0 Å². The molecule has 0 aromatic carbocycles. The Labute approximate surface area is 141 Å². The van der Waals surface area contributed by atoms with Crippen LogP contribution in [-0.2, 0) is 11.2 Å². The van der Waals surface area contributed by atoms with Crippen LogP contribution in [-0.4, -0.2) is 46.7 Å². The van der Waals surface area contributed by atoms with Gasteiger partial charge in [0.2, 0.25) is 11.0 Å². The molecule has 0 spiro atoms. The topological polar surface area (TPSA) is 84.1 Å². The van der Waals surface area contributed by atoms with Crippen molar-refractivity contribution in [2.24, 2.45) is 5.92 Å². The van der Waals surface area contributed by atoms with Gasteiger partial charge in [0.1, 0.15) is 5.01 Å². The molecule has 1 saturated carbocycles. The van der Waals surface area contributed by atoms with E-state index in [1.807, 2.05) is 0 Å². The van der Waals surface area contributed by atoms with Crippen LogP contribution in [0.25, 0.3) is 0 Å². The van der Waals surface area contributed by atoms with E-state index in [0.717, 1.165) is 43.9 Å². The molecule has 1 atom stereocenters. The minimum atomic E-state index is 0.0314. The second kappa shape index (κ2) is 8.06. The highest BCUT2D eigenvalue weighted by Crippen LogP contribution is 2.23. The van der Waals surface area contributed by atoms with Crippen molar-refractivity contribution in [3.05, 3.63) is 5.01 Å². The number of likely N-dealkylation sites (tertiary alicyclic amines) is 1. The normalized spacial score (nSPS) is 23.2. The van der Waals surface area contributed by atoms with Gasteiger partial charge in [0.05, 0.1) is 6.04 Å². The molecule has 2 heterocycles. The molecule has 1 amide bonds. The molecule has 128 valence electrons. The van der Waals surface area contributed by atoms with Gasteiger partial charge >= 0.3 is 0 Å². The lowest BCUT2D eigenvalue weighted by atomic mass is 9.89. The van der Waals surface area contributed by atoms with Gasteiger partial charge in [-0.1, -0.05) is 30.6 Å². The third kappa shape index (κ3) is 4.64. The van der Waals surface area contributed by atoms with Gasteiger partial charge in [0, 0.05) is 19.5 Å². The number of hydrogen-bond donors (Lipinski definition) is 2. The summed E-state index contributed by atoms with van der Waals surface area (Å²) in [4.78, 5) is 14.8. The Morgan fingerprint density at radius 3 is 2.78 bits per heavy atom. The van der Waals surface area contributed by atoms with E-state index < -0.39 is 0 Å². The molecule has 3 N–H and O–H groups in total. The molecule has 6 nitrogen and oxygen atoms in total. The standard InChI is InChI=1S/C16H27N5OS/c17-16-20-19-14(23-16)8-10-21-9-4-7-13(21)15(22)18-11-12-5-2-1-3-6-12/h12-13H,1-11H2,(H2,17,20)(H,18,22). The van der Waals surface area contributed by atoms with Crippen LogP contribution in [0.3, 0.4) is 0 Å². The van der Waals surface area contributed by atoms with Crippen LogP contribution < -0.4 is 11.1 Å². The van der Waals surface area contributed by atoms with Crippen LogP contribution >= 0.6 is 11.3 Å². The van der Waals surface area contributed by atoms with Crippen LogP contribution in [0.5, 0.6) is 0 Å². The Morgan fingerprint density at radius 1 is 1.22 bits per heavy atom. The molecule has 3 rings (SSSR count). The predicted molar refractivity (Wildman–Crippen MR) is 92.2 cm³/mol. The van der Waals surface area contributed by atoms with E-state index in [1.165, 1.54) is 43.4 Å². The number of carbonyl (C=O) groups excluding carboxylic acids is 1. The van der Waals surface area contributed by atoms with Gasteiger partial charge < -0.3 is 11.1 Å². The summed E-state index contributed by atoms with van der Waals surface area (Å²) >= 11 is 1.44. The molecule has 1 unspecified atom stereocenters. The van der Waals surface area contributed by atoms with Gasteiger partial charge in [-0.25, -0.2) is 0 Å². The Morgan fingerprint density at radius 2 is 2.04 bits per heavy atom. The average molecular weight is 337 g/mol. The summed E-state index contributed by atoms with van der Waals surface area (Å²) < 4.78 is 0. The van der Waals surface area contributed by atoms with Crippen LogP contribution in [0.2, 0.25) is 0 Å². The molecule has 1 saturated heterocycles. The van der Waals surface area contributed by atoms with E-state index >= 15 is 0 Å². The molecular weight excluding hydrogens is 310 g/mol. The maximum atomic E-state index is 12.5. The van der Waals surface area contributed by atoms with Crippen molar-refractivity contribution in [3.8, 4) is 0 Å². The van der Waals surface area contributed by atoms with Gasteiger partial charge in [0.25, 0.3) is 0 Å². The number of carbonyl (C=O) groups is 1. The SMILES string of the molecule is Nc1nnc(CCN2CCCC2C(=O)NCC2CCCCC2)s1. The van der Waals surface area contributed by atoms with E-state index in [2.05, 4.69) is 20.4 Å². The Kier molecular flexibility index (Phi) is 5.83. The zero-order valence-corrected chi connectivity index (χ0v) is 14.5. The van der Waals surface area contributed by atoms with Crippen molar-refractivity contribution in [2.75, 3.05) is 25.4 Å². The van der Waals surface area contributed by atoms with Crippen LogP contribution in [0.1, 0.15) is 50.0 Å². The first kappa shape index (κ1) is 16.6. The zero-order valence-electron chi connectivity index (χ0n) is 13.7. The first-order valence-corrected chi connectivity index (χ1v) is 9.63.